The van der Waals surface area contributed by atoms with Crippen molar-refractivity contribution in [2.24, 2.45) is 0 Å². The summed E-state index contributed by atoms with van der Waals surface area (Å²) in [4.78, 5) is 0. The average Bonchev–Trinajstić information content (AvgIpc) is 0.722. The number of rotatable bonds is 0. The molecule has 0 atom stereocenters. The Morgan fingerprint density at radius 2 is 1.50 bits per heavy atom. The van der Waals surface area contributed by atoms with Crippen LogP contribution in [0.3, 0.4) is 0 Å². The van der Waals surface area contributed by atoms with Gasteiger partial charge in [0, 0.05) is 0 Å². The van der Waals surface area contributed by atoms with Crippen LogP contribution in [0, 0.1) is 0 Å². The summed E-state index contributed by atoms with van der Waals surface area (Å²) in [6.45, 7) is 0. The average molecular weight is 139 g/mol. The predicted octanol–water partition coefficient (Wildman–Crippen LogP) is 2.66. The van der Waals surface area contributed by atoms with Crippen molar-refractivity contribution in [3.05, 3.63) is 0 Å². The first-order valence-electron chi connectivity index (χ1n) is 0.954. The van der Waals surface area contributed by atoms with E-state index in [2.05, 4.69) is 0 Å². The van der Waals surface area contributed by atoms with E-state index in [1.807, 2.05) is 0 Å². The second-order valence-electron chi connectivity index (χ2n) is 0.192. The van der Waals surface area contributed by atoms with E-state index in [1.165, 1.54) is 0 Å². The van der Waals surface area contributed by atoms with E-state index in [0.717, 1.165) is 0 Å². The Morgan fingerprint density at radius 3 is 1.50 bits per heavy atom. The molecule has 0 saturated carbocycles. The van der Waals surface area contributed by atoms with Gasteiger partial charge in [-0.25, -0.2) is 0 Å². The molecule has 0 fully saturated rings. The van der Waals surface area contributed by atoms with Gasteiger partial charge in [0.2, 0.25) is 0 Å². The van der Waals surface area contributed by atoms with Crippen molar-refractivity contribution in [1.29, 1.82) is 1.28 Å². The van der Waals surface area contributed by atoms with Crippen molar-refractivity contribution in [2.75, 3.05) is 0 Å². The quantitative estimate of drug-likeness (QED) is 0.453. The van der Waals surface area contributed by atoms with Crippen molar-refractivity contribution in [2.45, 2.75) is 0 Å². The molecule has 4 heavy (non-hydrogen) atoms. The minimum Gasteiger partial charge on any atom is 0.125 e. The fourth-order valence-corrected chi connectivity index (χ4v) is 0. The lowest BCUT2D eigenvalue weighted by molar-refractivity contribution is 4.58. The van der Waals surface area contributed by atoms with Crippen molar-refractivity contribution in [3.63, 3.8) is 0 Å². The van der Waals surface area contributed by atoms with Gasteiger partial charge in [-0.3, -0.25) is 0 Å². The largest absolute Gasteiger partial charge is 0.329 e. The zero-order valence-electron chi connectivity index (χ0n) is 2.58. The van der Waals surface area contributed by atoms with Gasteiger partial charge in [0.15, 0.2) is 0 Å². The Hall–Kier alpha value is 1.30. The van der Waals surface area contributed by atoms with Gasteiger partial charge in [-0.1, -0.05) is 0 Å². The van der Waals surface area contributed by atoms with Crippen LogP contribution in [0.2, 0.25) is 0 Å². The van der Waals surface area contributed by atoms with Crippen LogP contribution in [0.25, 0.3) is 0 Å². The summed E-state index contributed by atoms with van der Waals surface area (Å²) in [6, 6.07) is 0. The van der Waals surface area contributed by atoms with Gasteiger partial charge in [0.05, 0.1) is 0 Å². The Balaban J connectivity index is 3.02. The lowest BCUT2D eigenvalue weighted by Gasteiger charge is -1.52. The Morgan fingerprint density at radius 1 is 1.50 bits per heavy atom. The third-order valence-corrected chi connectivity index (χ3v) is 0. The van der Waals surface area contributed by atoms with E-state index >= 15 is 0 Å². The molecule has 0 aromatic carbocycles. The molecule has 0 saturated heterocycles. The van der Waals surface area contributed by atoms with Crippen LogP contribution in [-0.2, 0) is 0 Å². The molecule has 0 aromatic rings. The van der Waals surface area contributed by atoms with Crippen LogP contribution in [0.4, 0.5) is 0 Å². The second kappa shape index (κ2) is 2.53. The molecule has 4 heteroatoms. The summed E-state index contributed by atoms with van der Waals surface area (Å²) in [5.74, 6) is -2.72. The predicted molar refractivity (Wildman–Crippen MR) is 25.9 cm³/mol. The molecule has 0 radical (unpaired) electrons. The molecule has 0 nitrogen and oxygen atoms in total. The molecule has 0 aliphatic heterocycles. The van der Waals surface area contributed by atoms with E-state index in [9.17, 15) is 0 Å². The Bertz CT molecular complexity index is 22.4. The topological polar surface area (TPSA) is 0 Å². The third kappa shape index (κ3) is 10.3. The summed E-state index contributed by atoms with van der Waals surface area (Å²) in [5, 5.41) is 0. The molecule has 0 aliphatic carbocycles. The summed E-state index contributed by atoms with van der Waals surface area (Å²) in [5.41, 5.74) is 0. The third-order valence-electron chi connectivity index (χ3n) is 0. The van der Waals surface area contributed by atoms with Gasteiger partial charge < -0.3 is 0 Å². The first-order chi connectivity index (χ1) is 2.00. The van der Waals surface area contributed by atoms with Crippen LogP contribution in [0.1, 0.15) is 0 Å². The van der Waals surface area contributed by atoms with Crippen molar-refractivity contribution >= 4 is 39.6 Å². The van der Waals surface area contributed by atoms with Crippen LogP contribution in [-0.4, -0.2) is 1.28 Å². The van der Waals surface area contributed by atoms with Gasteiger partial charge in [-0.2, -0.15) is 0 Å². The SMILES string of the molecule is [2H][P+](Cl)(Cl)Cl. The molecule has 0 spiro atoms. The fourth-order valence-electron chi connectivity index (χ4n) is 0. The van der Waals surface area contributed by atoms with E-state index in [0.29, 0.717) is 0 Å². The fraction of sp³-hybridized carbons (Fsp3) is 0. The number of hydrogen-bond donors (Lipinski definition) is 0. The minimum atomic E-state index is -2.72. The standard InChI is InChI=1S/Cl3P/c1-4(2)3/p+1/i/hD. The smallest absolute Gasteiger partial charge is 0.125 e. The summed E-state index contributed by atoms with van der Waals surface area (Å²) in [7, 11) is 0. The minimum absolute atomic E-state index is 2.72. The van der Waals surface area contributed by atoms with E-state index < -0.39 is 5.92 Å². The van der Waals surface area contributed by atoms with E-state index in [-0.39, 0.29) is 0 Å². The van der Waals surface area contributed by atoms with Gasteiger partial charge in [0.25, 0.3) is 5.92 Å². The molecule has 0 aromatic heterocycles. The Labute approximate surface area is 41.4 Å². The molecule has 0 amide bonds. The highest BCUT2D eigenvalue weighted by atomic mass is 36.0. The number of halogens is 3. The molecular formula is HCl3P+. The Kier molecular flexibility index (Phi) is 2.21. The zero-order valence-corrected chi connectivity index (χ0v) is 4.74. The zero-order chi connectivity index (χ0) is 4.50. The molecular weight excluding hydrogens is 137 g/mol. The molecule has 0 bridgehead atoms. The lowest BCUT2D eigenvalue weighted by Crippen LogP contribution is -0.958. The first-order valence-corrected chi connectivity index (χ1v) is 4.56. The maximum Gasteiger partial charge on any atom is 0.329 e. The van der Waals surface area contributed by atoms with Crippen molar-refractivity contribution < 1.29 is 0 Å². The van der Waals surface area contributed by atoms with Crippen LogP contribution >= 0.6 is 39.6 Å². The molecule has 0 N–H and O–H groups in total. The van der Waals surface area contributed by atoms with Gasteiger partial charge in [-0.05, 0) is 0 Å². The maximum absolute atomic E-state index is 6.34. The lowest BCUT2D eigenvalue weighted by atomic mass is 30.4. The van der Waals surface area contributed by atoms with Gasteiger partial charge in [-0.15, -0.1) is 0 Å². The molecule has 26 valence electrons. The summed E-state index contributed by atoms with van der Waals surface area (Å²) >= 11 is 14.5. The molecule has 0 heterocycles. The molecule has 0 aliphatic rings. The second-order valence-corrected chi connectivity index (χ2v) is 5.17. The number of hydrogen-bond acceptors (Lipinski definition) is 0. The van der Waals surface area contributed by atoms with Crippen molar-refractivity contribution in [1.82, 2.24) is 0 Å². The highest BCUT2D eigenvalue weighted by Crippen LogP contribution is 2.51. The summed E-state index contributed by atoms with van der Waals surface area (Å²) in [6.07, 6.45) is 0. The van der Waals surface area contributed by atoms with E-state index in [1.54, 1.807) is 0 Å². The van der Waals surface area contributed by atoms with E-state index in [4.69, 9.17) is 35.0 Å². The van der Waals surface area contributed by atoms with Crippen LogP contribution in [0.5, 0.6) is 0 Å². The highest BCUT2D eigenvalue weighted by molar-refractivity contribution is 8.20. The van der Waals surface area contributed by atoms with Crippen molar-refractivity contribution in [3.8, 4) is 0 Å². The summed E-state index contributed by atoms with van der Waals surface area (Å²) < 4.78 is 6.34. The normalized spacial score (nSPS) is 15.2. The highest BCUT2D eigenvalue weighted by Gasteiger charge is 1.95. The molecule has 0 unspecified atom stereocenters. The maximum atomic E-state index is 6.34. The van der Waals surface area contributed by atoms with Crippen LogP contribution in [0.15, 0.2) is 0 Å². The monoisotopic (exact) mass is 138 g/mol. The first kappa shape index (κ1) is 3.49. The molecule has 0 rings (SSSR count). The van der Waals surface area contributed by atoms with Gasteiger partial charge >= 0.3 is 1.28 Å². The van der Waals surface area contributed by atoms with Crippen LogP contribution < -0.4 is 0 Å². The van der Waals surface area contributed by atoms with Gasteiger partial charge in [0.1, 0.15) is 33.7 Å².